The Labute approximate surface area is 103 Å². The molecule has 0 saturated carbocycles. The van der Waals surface area contributed by atoms with Crippen molar-refractivity contribution in [1.82, 2.24) is 9.97 Å². The summed E-state index contributed by atoms with van der Waals surface area (Å²) >= 11 is 0. The van der Waals surface area contributed by atoms with Crippen LogP contribution in [0.5, 0.6) is 0 Å². The van der Waals surface area contributed by atoms with Gasteiger partial charge in [0.05, 0.1) is 6.54 Å². The van der Waals surface area contributed by atoms with Crippen molar-refractivity contribution in [3.8, 4) is 11.4 Å². The first kappa shape index (κ1) is 12.2. The first-order chi connectivity index (χ1) is 8.65. The molecule has 0 bridgehead atoms. The zero-order valence-electron chi connectivity index (χ0n) is 9.48. The number of aromatic nitrogens is 2. The van der Waals surface area contributed by atoms with E-state index in [4.69, 9.17) is 5.73 Å². The summed E-state index contributed by atoms with van der Waals surface area (Å²) in [6.45, 7) is -0.468. The predicted molar refractivity (Wildman–Crippen MR) is 66.4 cm³/mol. The molecule has 0 unspecified atom stereocenters. The van der Waals surface area contributed by atoms with Crippen molar-refractivity contribution in [3.05, 3.63) is 36.4 Å². The molecule has 1 aromatic heterocycles. The SMILES string of the molecule is Nc1cc(NCC(F)F)nc(-c2ccccc2)n1. The van der Waals surface area contributed by atoms with Crippen LogP contribution in [-0.4, -0.2) is 22.9 Å². The van der Waals surface area contributed by atoms with Gasteiger partial charge < -0.3 is 11.1 Å². The molecular weight excluding hydrogens is 238 g/mol. The average molecular weight is 250 g/mol. The average Bonchev–Trinajstić information content (AvgIpc) is 2.37. The van der Waals surface area contributed by atoms with Gasteiger partial charge in [-0.2, -0.15) is 0 Å². The molecule has 0 radical (unpaired) electrons. The normalized spacial score (nSPS) is 10.6. The summed E-state index contributed by atoms with van der Waals surface area (Å²) in [5.41, 5.74) is 6.41. The summed E-state index contributed by atoms with van der Waals surface area (Å²) < 4.78 is 24.2. The van der Waals surface area contributed by atoms with Crippen LogP contribution < -0.4 is 11.1 Å². The fourth-order valence-electron chi connectivity index (χ4n) is 1.45. The van der Waals surface area contributed by atoms with Crippen LogP contribution in [-0.2, 0) is 0 Å². The fourth-order valence-corrected chi connectivity index (χ4v) is 1.45. The van der Waals surface area contributed by atoms with Gasteiger partial charge in [0.15, 0.2) is 5.82 Å². The van der Waals surface area contributed by atoms with E-state index in [0.717, 1.165) is 5.56 Å². The van der Waals surface area contributed by atoms with Crippen LogP contribution in [0.3, 0.4) is 0 Å². The van der Waals surface area contributed by atoms with Crippen molar-refractivity contribution in [2.45, 2.75) is 6.43 Å². The van der Waals surface area contributed by atoms with E-state index in [1.54, 1.807) is 0 Å². The molecule has 0 aliphatic rings. The monoisotopic (exact) mass is 250 g/mol. The Bertz CT molecular complexity index is 517. The summed E-state index contributed by atoms with van der Waals surface area (Å²) in [6, 6.07) is 10.6. The number of nitrogens with one attached hydrogen (secondary N) is 1. The molecule has 2 rings (SSSR count). The van der Waals surface area contributed by atoms with Crippen LogP contribution in [0.2, 0.25) is 0 Å². The summed E-state index contributed by atoms with van der Waals surface area (Å²) in [7, 11) is 0. The lowest BCUT2D eigenvalue weighted by Crippen LogP contribution is -2.12. The Morgan fingerprint density at radius 2 is 1.89 bits per heavy atom. The highest BCUT2D eigenvalue weighted by atomic mass is 19.3. The van der Waals surface area contributed by atoms with Crippen molar-refractivity contribution in [3.63, 3.8) is 0 Å². The zero-order chi connectivity index (χ0) is 13.0. The van der Waals surface area contributed by atoms with E-state index in [1.165, 1.54) is 6.07 Å². The van der Waals surface area contributed by atoms with Crippen LogP contribution in [0.4, 0.5) is 20.4 Å². The van der Waals surface area contributed by atoms with E-state index in [-0.39, 0.29) is 5.82 Å². The molecule has 0 amide bonds. The number of benzene rings is 1. The van der Waals surface area contributed by atoms with E-state index >= 15 is 0 Å². The minimum absolute atomic E-state index is 0.237. The molecule has 3 N–H and O–H groups in total. The maximum Gasteiger partial charge on any atom is 0.255 e. The van der Waals surface area contributed by atoms with E-state index in [9.17, 15) is 8.78 Å². The highest BCUT2D eigenvalue weighted by Gasteiger charge is 2.07. The second kappa shape index (κ2) is 5.39. The number of nitrogens with zero attached hydrogens (tertiary/aromatic N) is 2. The molecule has 6 heteroatoms. The second-order valence-electron chi connectivity index (χ2n) is 3.64. The summed E-state index contributed by atoms with van der Waals surface area (Å²) in [5.74, 6) is 0.939. The Balaban J connectivity index is 2.27. The summed E-state index contributed by atoms with van der Waals surface area (Å²) in [5, 5.41) is 2.51. The highest BCUT2D eigenvalue weighted by Crippen LogP contribution is 2.18. The third-order valence-corrected chi connectivity index (χ3v) is 2.22. The topological polar surface area (TPSA) is 63.8 Å². The standard InChI is InChI=1S/C12H12F2N4/c13-9(14)7-16-11-6-10(15)17-12(18-11)8-4-2-1-3-5-8/h1-6,9H,7H2,(H3,15,16,17,18). The Morgan fingerprint density at radius 1 is 1.17 bits per heavy atom. The summed E-state index contributed by atoms with van der Waals surface area (Å²) in [4.78, 5) is 8.21. The first-order valence-electron chi connectivity index (χ1n) is 5.37. The van der Waals surface area contributed by atoms with Crippen molar-refractivity contribution >= 4 is 11.6 Å². The number of nitrogen functional groups attached to an aromatic ring is 1. The smallest absolute Gasteiger partial charge is 0.255 e. The Hall–Kier alpha value is -2.24. The molecule has 0 saturated heterocycles. The first-order valence-corrected chi connectivity index (χ1v) is 5.37. The van der Waals surface area contributed by atoms with Gasteiger partial charge in [0, 0.05) is 11.6 Å². The van der Waals surface area contributed by atoms with Gasteiger partial charge in [-0.05, 0) is 0 Å². The quantitative estimate of drug-likeness (QED) is 0.874. The molecule has 4 nitrogen and oxygen atoms in total. The van der Waals surface area contributed by atoms with Gasteiger partial charge in [-0.25, -0.2) is 18.7 Å². The van der Waals surface area contributed by atoms with Crippen LogP contribution in [0, 0.1) is 0 Å². The van der Waals surface area contributed by atoms with Crippen LogP contribution in [0.15, 0.2) is 36.4 Å². The van der Waals surface area contributed by atoms with Crippen molar-refractivity contribution in [2.24, 2.45) is 0 Å². The van der Waals surface area contributed by atoms with Gasteiger partial charge in [-0.15, -0.1) is 0 Å². The third-order valence-electron chi connectivity index (χ3n) is 2.22. The predicted octanol–water partition coefficient (Wildman–Crippen LogP) is 2.40. The second-order valence-corrected chi connectivity index (χ2v) is 3.64. The summed E-state index contributed by atoms with van der Waals surface area (Å²) in [6.07, 6.45) is -2.44. The molecule has 0 fully saturated rings. The lowest BCUT2D eigenvalue weighted by Gasteiger charge is -2.07. The van der Waals surface area contributed by atoms with Crippen molar-refractivity contribution in [1.29, 1.82) is 0 Å². The lowest BCUT2D eigenvalue weighted by molar-refractivity contribution is 0.163. The Kier molecular flexibility index (Phi) is 3.66. The van der Waals surface area contributed by atoms with Gasteiger partial charge in [0.2, 0.25) is 0 Å². The Morgan fingerprint density at radius 3 is 2.56 bits per heavy atom. The molecule has 94 valence electrons. The molecule has 0 aliphatic heterocycles. The highest BCUT2D eigenvalue weighted by molar-refractivity contribution is 5.60. The van der Waals surface area contributed by atoms with E-state index in [0.29, 0.717) is 11.6 Å². The molecule has 18 heavy (non-hydrogen) atoms. The number of rotatable bonds is 4. The van der Waals surface area contributed by atoms with Gasteiger partial charge in [0.1, 0.15) is 11.6 Å². The fraction of sp³-hybridized carbons (Fsp3) is 0.167. The molecule has 1 aromatic carbocycles. The molecule has 0 spiro atoms. The molecule has 2 aromatic rings. The third kappa shape index (κ3) is 3.13. The minimum atomic E-state index is -2.44. The maximum atomic E-state index is 12.1. The minimum Gasteiger partial charge on any atom is -0.384 e. The molecule has 0 aliphatic carbocycles. The number of halogens is 2. The van der Waals surface area contributed by atoms with Crippen molar-refractivity contribution < 1.29 is 8.78 Å². The number of anilines is 2. The van der Waals surface area contributed by atoms with Gasteiger partial charge >= 0.3 is 0 Å². The zero-order valence-corrected chi connectivity index (χ0v) is 9.48. The van der Waals surface area contributed by atoms with Gasteiger partial charge in [-0.3, -0.25) is 0 Å². The largest absolute Gasteiger partial charge is 0.384 e. The molecular formula is C12H12F2N4. The van der Waals surface area contributed by atoms with Gasteiger partial charge in [-0.1, -0.05) is 30.3 Å². The number of alkyl halides is 2. The number of hydrogen-bond donors (Lipinski definition) is 2. The molecule has 0 atom stereocenters. The number of hydrogen-bond acceptors (Lipinski definition) is 4. The van der Waals surface area contributed by atoms with Crippen LogP contribution >= 0.6 is 0 Å². The van der Waals surface area contributed by atoms with Crippen LogP contribution in [0.25, 0.3) is 11.4 Å². The number of nitrogens with two attached hydrogens (primary N) is 1. The van der Waals surface area contributed by atoms with E-state index < -0.39 is 13.0 Å². The van der Waals surface area contributed by atoms with Crippen molar-refractivity contribution in [2.75, 3.05) is 17.6 Å². The van der Waals surface area contributed by atoms with Gasteiger partial charge in [0.25, 0.3) is 6.43 Å². The maximum absolute atomic E-state index is 12.1. The van der Waals surface area contributed by atoms with E-state index in [2.05, 4.69) is 15.3 Å². The molecule has 1 heterocycles. The lowest BCUT2D eigenvalue weighted by atomic mass is 10.2. The van der Waals surface area contributed by atoms with E-state index in [1.807, 2.05) is 30.3 Å². The van der Waals surface area contributed by atoms with Crippen LogP contribution in [0.1, 0.15) is 0 Å².